The van der Waals surface area contributed by atoms with Crippen molar-refractivity contribution in [2.45, 2.75) is 19.4 Å². The number of amides is 1. The Kier molecular flexibility index (Phi) is 3.56. The van der Waals surface area contributed by atoms with E-state index >= 15 is 0 Å². The summed E-state index contributed by atoms with van der Waals surface area (Å²) in [6, 6.07) is 8.57. The number of hydrogen-bond acceptors (Lipinski definition) is 1. The minimum absolute atomic E-state index is 0.391. The zero-order valence-corrected chi connectivity index (χ0v) is 7.71. The van der Waals surface area contributed by atoms with Crippen LogP contribution < -0.4 is 5.32 Å². The fraction of sp³-hybridized carbons (Fsp3) is 0.300. The first-order valence-electron chi connectivity index (χ1n) is 4.24. The molecule has 14 heavy (non-hydrogen) atoms. The van der Waals surface area contributed by atoms with Crippen molar-refractivity contribution in [2.24, 2.45) is 0 Å². The second-order valence-electron chi connectivity index (χ2n) is 2.94. The molecule has 0 aromatic heterocycles. The van der Waals surface area contributed by atoms with Crippen molar-refractivity contribution in [1.29, 1.82) is 0 Å². The lowest BCUT2D eigenvalue weighted by Gasteiger charge is -2.13. The normalized spacial score (nSPS) is 12.6. The van der Waals surface area contributed by atoms with Crippen LogP contribution in [0.2, 0.25) is 0 Å². The molecule has 1 N–H and O–H groups in total. The fourth-order valence-corrected chi connectivity index (χ4v) is 1.10. The van der Waals surface area contributed by atoms with Crippen LogP contribution in [0.15, 0.2) is 30.3 Å². The van der Waals surface area contributed by atoms with Gasteiger partial charge in [-0.25, -0.2) is 0 Å². The van der Waals surface area contributed by atoms with E-state index in [0.29, 0.717) is 0 Å². The molecule has 0 fully saturated rings. The number of nitrogens with one attached hydrogen (secondary N) is 1. The quantitative estimate of drug-likeness (QED) is 0.793. The Morgan fingerprint density at radius 1 is 1.29 bits per heavy atom. The van der Waals surface area contributed by atoms with E-state index in [-0.39, 0.29) is 0 Å². The maximum Gasteiger partial charge on any atom is 0.315 e. The number of alkyl halides is 2. The van der Waals surface area contributed by atoms with Gasteiger partial charge in [-0.15, -0.1) is 0 Å². The summed E-state index contributed by atoms with van der Waals surface area (Å²) in [4.78, 5) is 10.7. The van der Waals surface area contributed by atoms with Gasteiger partial charge < -0.3 is 5.32 Å². The largest absolute Gasteiger partial charge is 0.345 e. The van der Waals surface area contributed by atoms with Gasteiger partial charge in [0.2, 0.25) is 0 Å². The van der Waals surface area contributed by atoms with E-state index in [1.807, 2.05) is 6.07 Å². The minimum Gasteiger partial charge on any atom is -0.345 e. The standard InChI is InChI=1S/C10H11F2NO/c1-7(13-10(14)9(11)12)8-5-3-2-4-6-8/h2-7,9H,1H3,(H,13,14)/t7-/m1/s1. The van der Waals surface area contributed by atoms with Crippen LogP contribution in [0.3, 0.4) is 0 Å². The van der Waals surface area contributed by atoms with Gasteiger partial charge in [-0.05, 0) is 12.5 Å². The summed E-state index contributed by atoms with van der Waals surface area (Å²) in [6.07, 6.45) is -2.96. The van der Waals surface area contributed by atoms with Gasteiger partial charge in [0.15, 0.2) is 0 Å². The molecule has 0 saturated heterocycles. The summed E-state index contributed by atoms with van der Waals surface area (Å²) >= 11 is 0. The Bertz CT molecular complexity index is 300. The highest BCUT2D eigenvalue weighted by atomic mass is 19.3. The van der Waals surface area contributed by atoms with Crippen LogP contribution in [0.5, 0.6) is 0 Å². The molecule has 2 nitrogen and oxygen atoms in total. The van der Waals surface area contributed by atoms with Gasteiger partial charge in [-0.2, -0.15) is 8.78 Å². The number of hydrogen-bond donors (Lipinski definition) is 1. The molecular weight excluding hydrogens is 188 g/mol. The van der Waals surface area contributed by atoms with Crippen LogP contribution in [0.1, 0.15) is 18.5 Å². The zero-order chi connectivity index (χ0) is 10.6. The molecule has 4 heteroatoms. The highest BCUT2D eigenvalue weighted by molar-refractivity contribution is 5.79. The molecule has 0 radical (unpaired) electrons. The predicted molar refractivity (Wildman–Crippen MR) is 49.0 cm³/mol. The van der Waals surface area contributed by atoms with Gasteiger partial charge in [0.1, 0.15) is 0 Å². The molecule has 0 aliphatic carbocycles. The average Bonchev–Trinajstić information content (AvgIpc) is 2.19. The van der Waals surface area contributed by atoms with E-state index in [4.69, 9.17) is 0 Å². The number of carbonyl (C=O) groups excluding carboxylic acids is 1. The molecule has 76 valence electrons. The first-order valence-corrected chi connectivity index (χ1v) is 4.24. The third kappa shape index (κ3) is 2.80. The van der Waals surface area contributed by atoms with E-state index in [2.05, 4.69) is 5.32 Å². The Morgan fingerprint density at radius 2 is 1.86 bits per heavy atom. The lowest BCUT2D eigenvalue weighted by Crippen LogP contribution is -2.31. The van der Waals surface area contributed by atoms with Crippen LogP contribution in [-0.2, 0) is 4.79 Å². The third-order valence-electron chi connectivity index (χ3n) is 1.86. The van der Waals surface area contributed by atoms with Crippen LogP contribution >= 0.6 is 0 Å². The summed E-state index contributed by atoms with van der Waals surface area (Å²) in [6.45, 7) is 1.66. The van der Waals surface area contributed by atoms with E-state index in [9.17, 15) is 13.6 Å². The van der Waals surface area contributed by atoms with E-state index in [1.54, 1.807) is 31.2 Å². The van der Waals surface area contributed by atoms with Gasteiger partial charge in [0.05, 0.1) is 6.04 Å². The van der Waals surface area contributed by atoms with Crippen molar-refractivity contribution in [3.63, 3.8) is 0 Å². The fourth-order valence-electron chi connectivity index (χ4n) is 1.10. The second-order valence-corrected chi connectivity index (χ2v) is 2.94. The van der Waals surface area contributed by atoms with E-state index < -0.39 is 18.4 Å². The summed E-state index contributed by atoms with van der Waals surface area (Å²) in [5.41, 5.74) is 0.807. The molecule has 1 aromatic carbocycles. The molecule has 0 aliphatic rings. The summed E-state index contributed by atoms with van der Waals surface area (Å²) in [7, 11) is 0. The maximum atomic E-state index is 11.9. The third-order valence-corrected chi connectivity index (χ3v) is 1.86. The first-order chi connectivity index (χ1) is 6.61. The Morgan fingerprint density at radius 3 is 2.36 bits per heavy atom. The minimum atomic E-state index is -2.96. The Labute approximate surface area is 80.9 Å². The van der Waals surface area contributed by atoms with Crippen LogP contribution in [0.25, 0.3) is 0 Å². The lowest BCUT2D eigenvalue weighted by atomic mass is 10.1. The van der Waals surface area contributed by atoms with Crippen molar-refractivity contribution >= 4 is 5.91 Å². The van der Waals surface area contributed by atoms with Crippen molar-refractivity contribution < 1.29 is 13.6 Å². The van der Waals surface area contributed by atoms with Crippen molar-refractivity contribution in [3.05, 3.63) is 35.9 Å². The lowest BCUT2D eigenvalue weighted by molar-refractivity contribution is -0.132. The van der Waals surface area contributed by atoms with E-state index in [0.717, 1.165) is 5.56 Å². The number of benzene rings is 1. The van der Waals surface area contributed by atoms with Gasteiger partial charge >= 0.3 is 6.43 Å². The van der Waals surface area contributed by atoms with Gasteiger partial charge in [-0.1, -0.05) is 30.3 Å². The number of halogens is 2. The molecule has 0 spiro atoms. The maximum absolute atomic E-state index is 11.9. The molecule has 0 unspecified atom stereocenters. The smallest absolute Gasteiger partial charge is 0.315 e. The molecule has 0 bridgehead atoms. The SMILES string of the molecule is C[C@@H](NC(=O)C(F)F)c1ccccc1. The molecule has 1 rings (SSSR count). The molecule has 0 aliphatic heterocycles. The van der Waals surface area contributed by atoms with Gasteiger partial charge in [-0.3, -0.25) is 4.79 Å². The second kappa shape index (κ2) is 4.69. The zero-order valence-electron chi connectivity index (χ0n) is 7.71. The highest BCUT2D eigenvalue weighted by Crippen LogP contribution is 2.11. The Hall–Kier alpha value is -1.45. The van der Waals surface area contributed by atoms with Gasteiger partial charge in [0, 0.05) is 0 Å². The van der Waals surface area contributed by atoms with Crippen molar-refractivity contribution in [3.8, 4) is 0 Å². The first kappa shape index (κ1) is 10.6. The van der Waals surface area contributed by atoms with Crippen molar-refractivity contribution in [2.75, 3.05) is 0 Å². The average molecular weight is 199 g/mol. The van der Waals surface area contributed by atoms with Crippen molar-refractivity contribution in [1.82, 2.24) is 5.32 Å². The van der Waals surface area contributed by atoms with Gasteiger partial charge in [0.25, 0.3) is 5.91 Å². The number of rotatable bonds is 3. The summed E-state index contributed by atoms with van der Waals surface area (Å²) in [5.74, 6) is -1.23. The molecule has 1 aromatic rings. The Balaban J connectivity index is 2.59. The monoisotopic (exact) mass is 199 g/mol. The number of carbonyl (C=O) groups is 1. The molecule has 1 amide bonds. The summed E-state index contributed by atoms with van der Waals surface area (Å²) in [5, 5.41) is 2.21. The van der Waals surface area contributed by atoms with Crippen LogP contribution in [0, 0.1) is 0 Å². The van der Waals surface area contributed by atoms with Crippen LogP contribution in [0.4, 0.5) is 8.78 Å². The van der Waals surface area contributed by atoms with Crippen LogP contribution in [-0.4, -0.2) is 12.3 Å². The van der Waals surface area contributed by atoms with E-state index in [1.165, 1.54) is 0 Å². The molecule has 0 heterocycles. The summed E-state index contributed by atoms with van der Waals surface area (Å²) < 4.78 is 23.8. The molecule has 1 atom stereocenters. The highest BCUT2D eigenvalue weighted by Gasteiger charge is 2.17. The molecule has 0 saturated carbocycles. The topological polar surface area (TPSA) is 29.1 Å². The predicted octanol–water partition coefficient (Wildman–Crippen LogP) is 2.13. The molecular formula is C10H11F2NO.